The van der Waals surface area contributed by atoms with Crippen LogP contribution in [0.15, 0.2) is 60.8 Å². The molecule has 0 bridgehead atoms. The molecule has 6 nitrogen and oxygen atoms in total. The van der Waals surface area contributed by atoms with Crippen LogP contribution >= 0.6 is 0 Å². The molecule has 0 aliphatic rings. The van der Waals surface area contributed by atoms with Gasteiger partial charge in [-0.2, -0.15) is 0 Å². The third kappa shape index (κ3) is 43.1. The number of hydrogen-bond donors (Lipinski definition) is 5. The van der Waals surface area contributed by atoms with Crippen molar-refractivity contribution >= 4 is 5.91 Å². The van der Waals surface area contributed by atoms with E-state index in [1.807, 2.05) is 0 Å². The van der Waals surface area contributed by atoms with Gasteiger partial charge in [0.05, 0.1) is 18.8 Å². The van der Waals surface area contributed by atoms with E-state index < -0.39 is 36.9 Å². The summed E-state index contributed by atoms with van der Waals surface area (Å²) in [6.45, 7) is 3.93. The summed E-state index contributed by atoms with van der Waals surface area (Å²) in [6.07, 6.45) is 62.9. The van der Waals surface area contributed by atoms with Crippen LogP contribution in [0.3, 0.4) is 0 Å². The molecule has 0 aromatic carbocycles. The lowest BCUT2D eigenvalue weighted by Gasteiger charge is -2.27. The maximum absolute atomic E-state index is 12.5. The molecular weight excluding hydrogens is 755 g/mol. The summed E-state index contributed by atoms with van der Waals surface area (Å²) in [6, 6.07) is -1.01. The van der Waals surface area contributed by atoms with Gasteiger partial charge in [0.1, 0.15) is 12.2 Å². The molecule has 0 aromatic heterocycles. The first kappa shape index (κ1) is 59.0. The van der Waals surface area contributed by atoms with Gasteiger partial charge in [0.2, 0.25) is 5.91 Å². The molecule has 0 saturated heterocycles. The highest BCUT2D eigenvalue weighted by molar-refractivity contribution is 5.80. The standard InChI is InChI=1S/C55H101NO5/c1-3-5-7-9-11-13-15-17-18-19-20-21-22-23-24-25-26-27-28-29-30-31-32-33-34-35-37-39-41-43-45-47-49-53(59)55(61)56-51(50-57)54(60)52(58)48-46-44-42-40-38-36-16-14-12-10-8-6-4-2/h6,8,14,16,20-21,23-24,40,42,51-54,57-60H,3-5,7,9-13,15,17-19,22,25-39,41,43-50H2,1-2H3,(H,56,61)/b8-6+,16-14+,21-20-,24-23-,42-40+. The molecule has 356 valence electrons. The van der Waals surface area contributed by atoms with Crippen LogP contribution in [0.25, 0.3) is 0 Å². The van der Waals surface area contributed by atoms with Gasteiger partial charge < -0.3 is 25.7 Å². The van der Waals surface area contributed by atoms with Gasteiger partial charge >= 0.3 is 0 Å². The summed E-state index contributed by atoms with van der Waals surface area (Å²) in [5.41, 5.74) is 0. The third-order valence-corrected chi connectivity index (χ3v) is 11.9. The van der Waals surface area contributed by atoms with Crippen LogP contribution in [0.4, 0.5) is 0 Å². The number of nitrogens with one attached hydrogen (secondary N) is 1. The van der Waals surface area contributed by atoms with E-state index in [0.717, 1.165) is 64.2 Å². The average Bonchev–Trinajstić information content (AvgIpc) is 3.26. The molecule has 5 N–H and O–H groups in total. The fraction of sp³-hybridized carbons (Fsp3) is 0.800. The van der Waals surface area contributed by atoms with E-state index in [1.165, 1.54) is 154 Å². The summed E-state index contributed by atoms with van der Waals surface area (Å²) in [7, 11) is 0. The smallest absolute Gasteiger partial charge is 0.249 e. The van der Waals surface area contributed by atoms with Gasteiger partial charge in [-0.1, -0.05) is 222 Å². The van der Waals surface area contributed by atoms with E-state index in [0.29, 0.717) is 19.3 Å². The number of allylic oxidation sites excluding steroid dienone is 10. The van der Waals surface area contributed by atoms with Crippen molar-refractivity contribution in [3.8, 4) is 0 Å². The van der Waals surface area contributed by atoms with Crippen LogP contribution in [-0.2, 0) is 4.79 Å². The number of hydrogen-bond acceptors (Lipinski definition) is 5. The van der Waals surface area contributed by atoms with Crippen LogP contribution < -0.4 is 5.32 Å². The summed E-state index contributed by atoms with van der Waals surface area (Å²) >= 11 is 0. The van der Waals surface area contributed by atoms with E-state index in [2.05, 4.69) is 79.9 Å². The van der Waals surface area contributed by atoms with Crippen molar-refractivity contribution in [3.05, 3.63) is 60.8 Å². The molecule has 6 heteroatoms. The zero-order valence-corrected chi connectivity index (χ0v) is 40.2. The number of aliphatic hydroxyl groups excluding tert-OH is 4. The number of aliphatic hydroxyl groups is 4. The summed E-state index contributed by atoms with van der Waals surface area (Å²) in [5, 5.41) is 43.7. The van der Waals surface area contributed by atoms with Gasteiger partial charge in [-0.15, -0.1) is 0 Å². The quantitative estimate of drug-likeness (QED) is 0.0309. The first-order valence-corrected chi connectivity index (χ1v) is 26.2. The Bertz CT molecular complexity index is 1050. The van der Waals surface area contributed by atoms with Crippen molar-refractivity contribution in [1.29, 1.82) is 0 Å². The number of amides is 1. The molecule has 0 aromatic rings. The van der Waals surface area contributed by atoms with Crippen molar-refractivity contribution in [1.82, 2.24) is 5.32 Å². The lowest BCUT2D eigenvalue weighted by Crippen LogP contribution is -2.53. The molecule has 0 saturated carbocycles. The molecule has 0 aliphatic heterocycles. The zero-order chi connectivity index (χ0) is 44.5. The predicted octanol–water partition coefficient (Wildman–Crippen LogP) is 14.8. The minimum Gasteiger partial charge on any atom is -0.394 e. The van der Waals surface area contributed by atoms with E-state index in [4.69, 9.17) is 0 Å². The Labute approximate surface area is 378 Å². The molecule has 1 amide bonds. The molecule has 0 radical (unpaired) electrons. The van der Waals surface area contributed by atoms with Crippen molar-refractivity contribution in [2.75, 3.05) is 6.61 Å². The van der Waals surface area contributed by atoms with Gasteiger partial charge in [0.25, 0.3) is 0 Å². The lowest BCUT2D eigenvalue weighted by atomic mass is 10.00. The fourth-order valence-corrected chi connectivity index (χ4v) is 7.83. The number of rotatable bonds is 47. The van der Waals surface area contributed by atoms with Crippen molar-refractivity contribution in [2.45, 2.75) is 276 Å². The molecule has 0 rings (SSSR count). The number of unbranched alkanes of at least 4 members (excludes halogenated alkanes) is 28. The van der Waals surface area contributed by atoms with Crippen LogP contribution in [0.5, 0.6) is 0 Å². The Hall–Kier alpha value is -1.99. The highest BCUT2D eigenvalue weighted by Crippen LogP contribution is 2.16. The van der Waals surface area contributed by atoms with E-state index in [1.54, 1.807) is 0 Å². The van der Waals surface area contributed by atoms with Gasteiger partial charge in [-0.3, -0.25) is 4.79 Å². The zero-order valence-electron chi connectivity index (χ0n) is 40.2. The second-order valence-electron chi connectivity index (χ2n) is 17.8. The minimum atomic E-state index is -1.29. The topological polar surface area (TPSA) is 110 Å². The molecule has 61 heavy (non-hydrogen) atoms. The van der Waals surface area contributed by atoms with Crippen molar-refractivity contribution < 1.29 is 25.2 Å². The lowest BCUT2D eigenvalue weighted by molar-refractivity contribution is -0.132. The minimum absolute atomic E-state index is 0.357. The highest BCUT2D eigenvalue weighted by Gasteiger charge is 2.28. The van der Waals surface area contributed by atoms with Gasteiger partial charge in [-0.05, 0) is 89.9 Å². The molecule has 4 unspecified atom stereocenters. The fourth-order valence-electron chi connectivity index (χ4n) is 7.83. The van der Waals surface area contributed by atoms with Gasteiger partial charge in [-0.25, -0.2) is 0 Å². The third-order valence-electron chi connectivity index (χ3n) is 11.9. The average molecular weight is 856 g/mol. The van der Waals surface area contributed by atoms with Crippen molar-refractivity contribution in [2.24, 2.45) is 0 Å². The van der Waals surface area contributed by atoms with Gasteiger partial charge in [0.15, 0.2) is 0 Å². The second kappa shape index (κ2) is 49.0. The largest absolute Gasteiger partial charge is 0.394 e. The normalized spacial score (nSPS) is 14.4. The first-order valence-electron chi connectivity index (χ1n) is 26.2. The monoisotopic (exact) mass is 856 g/mol. The summed E-state index contributed by atoms with van der Waals surface area (Å²) in [5.74, 6) is -0.601. The molecule has 0 heterocycles. The molecule has 0 fully saturated rings. The van der Waals surface area contributed by atoms with Crippen LogP contribution in [0.2, 0.25) is 0 Å². The van der Waals surface area contributed by atoms with E-state index in [9.17, 15) is 25.2 Å². The molecular formula is C55H101NO5. The van der Waals surface area contributed by atoms with Crippen LogP contribution in [0, 0.1) is 0 Å². The SMILES string of the molecule is CC/C=C/CC/C=C/CC/C=C/CCCC(O)C(O)C(CO)NC(=O)C(O)CCCCCCCCCCCCCCCCCC/C=C\C/C=C\CCCCCCCCCCC. The first-order chi connectivity index (χ1) is 30.0. The molecule has 0 spiro atoms. The predicted molar refractivity (Wildman–Crippen MR) is 265 cm³/mol. The van der Waals surface area contributed by atoms with E-state index >= 15 is 0 Å². The Morgan fingerprint density at radius 2 is 0.787 bits per heavy atom. The van der Waals surface area contributed by atoms with Crippen LogP contribution in [0.1, 0.15) is 251 Å². The van der Waals surface area contributed by atoms with Crippen molar-refractivity contribution in [3.63, 3.8) is 0 Å². The van der Waals surface area contributed by atoms with Crippen LogP contribution in [-0.4, -0.2) is 57.3 Å². The Morgan fingerprint density at radius 1 is 0.426 bits per heavy atom. The summed E-state index contributed by atoms with van der Waals surface area (Å²) in [4.78, 5) is 12.5. The molecule has 4 atom stereocenters. The Morgan fingerprint density at radius 3 is 1.21 bits per heavy atom. The maximum atomic E-state index is 12.5. The van der Waals surface area contributed by atoms with E-state index in [-0.39, 0.29) is 0 Å². The summed E-state index contributed by atoms with van der Waals surface area (Å²) < 4.78 is 0. The number of carbonyl (C=O) groups is 1. The highest BCUT2D eigenvalue weighted by atomic mass is 16.3. The van der Waals surface area contributed by atoms with Gasteiger partial charge in [0, 0.05) is 0 Å². The molecule has 0 aliphatic carbocycles. The maximum Gasteiger partial charge on any atom is 0.249 e. The second-order valence-corrected chi connectivity index (χ2v) is 17.8. The Kier molecular flexibility index (Phi) is 47.4. The Balaban J connectivity index is 3.62. The number of carbonyl (C=O) groups excluding carboxylic acids is 1.